The van der Waals surface area contributed by atoms with E-state index in [9.17, 15) is 4.79 Å². The molecule has 0 aromatic heterocycles. The summed E-state index contributed by atoms with van der Waals surface area (Å²) < 4.78 is 1.44. The van der Waals surface area contributed by atoms with Crippen molar-refractivity contribution in [3.8, 4) is 6.07 Å². The van der Waals surface area contributed by atoms with E-state index in [0.717, 1.165) is 18.4 Å². The van der Waals surface area contributed by atoms with Crippen LogP contribution in [0.3, 0.4) is 0 Å². The van der Waals surface area contributed by atoms with Crippen molar-refractivity contribution in [2.75, 3.05) is 14.1 Å². The summed E-state index contributed by atoms with van der Waals surface area (Å²) in [6.45, 7) is 1.99. The number of rotatable bonds is 1. The zero-order valence-electron chi connectivity index (χ0n) is 11.3. The molecule has 6 heteroatoms. The molecule has 0 bridgehead atoms. The van der Waals surface area contributed by atoms with Crippen molar-refractivity contribution in [2.24, 2.45) is 0 Å². The van der Waals surface area contributed by atoms with Crippen molar-refractivity contribution in [2.45, 2.75) is 32.0 Å². The quantitative estimate of drug-likeness (QED) is 0.685. The molecule has 19 heavy (non-hydrogen) atoms. The van der Waals surface area contributed by atoms with Crippen LogP contribution in [0.1, 0.15) is 19.8 Å². The molecule has 0 saturated carbocycles. The monoisotopic (exact) mass is 280 g/mol. The molecule has 102 valence electrons. The molecule has 0 N–H and O–H groups in total. The molecule has 5 nitrogen and oxygen atoms in total. The molecule has 1 saturated heterocycles. The summed E-state index contributed by atoms with van der Waals surface area (Å²) in [6.07, 6.45) is 4.90. The summed E-state index contributed by atoms with van der Waals surface area (Å²) in [5.74, 6) is -0.235. The smallest absolute Gasteiger partial charge is 0.268 e. The van der Waals surface area contributed by atoms with Crippen molar-refractivity contribution in [3.05, 3.63) is 23.5 Å². The van der Waals surface area contributed by atoms with Gasteiger partial charge in [-0.1, -0.05) is 0 Å². The van der Waals surface area contributed by atoms with Crippen LogP contribution in [0.5, 0.6) is 0 Å². The largest absolute Gasteiger partial charge is 0.383 e. The molecule has 0 radical (unpaired) electrons. The number of piperidine rings is 1. The topological polar surface area (TPSA) is 50.6 Å². The Hall–Kier alpha value is -1.67. The normalized spacial score (nSPS) is 28.9. The number of nitrogens with zero attached hydrogens (tertiary/aromatic N) is 4. The van der Waals surface area contributed by atoms with Gasteiger partial charge >= 0.3 is 0 Å². The highest BCUT2D eigenvalue weighted by Gasteiger charge is 2.42. The summed E-state index contributed by atoms with van der Waals surface area (Å²) in [5.41, 5.74) is 1.17. The van der Waals surface area contributed by atoms with E-state index in [1.165, 1.54) is 10.6 Å². The lowest BCUT2D eigenvalue weighted by molar-refractivity contribution is -0.135. The van der Waals surface area contributed by atoms with E-state index in [2.05, 4.69) is 0 Å². The Bertz CT molecular complexity index is 491. The second-order valence-corrected chi connectivity index (χ2v) is 5.53. The molecule has 0 spiro atoms. The first-order chi connectivity index (χ1) is 8.95. The molecule has 0 aromatic rings. The molecule has 2 heterocycles. The average Bonchev–Trinajstić information content (AvgIpc) is 2.35. The number of hydrogen-bond acceptors (Lipinski definition) is 4. The Morgan fingerprint density at radius 2 is 2.26 bits per heavy atom. The third-order valence-electron chi connectivity index (χ3n) is 3.42. The summed E-state index contributed by atoms with van der Waals surface area (Å²) >= 11 is 6.23. The standard InChI is InChI=1S/C13H17ClN4O/c1-9-4-5-10(7-16(2)3)12-17(14)8-11(6-15)13(19)18(9)12/h7-9,12H,4-5H2,1-3H3. The Balaban J connectivity index is 2.44. The Morgan fingerprint density at radius 1 is 1.58 bits per heavy atom. The predicted octanol–water partition coefficient (Wildman–Crippen LogP) is 1.65. The van der Waals surface area contributed by atoms with Crippen LogP contribution < -0.4 is 0 Å². The maximum absolute atomic E-state index is 12.3. The van der Waals surface area contributed by atoms with Gasteiger partial charge < -0.3 is 9.80 Å². The number of halogens is 1. The Kier molecular flexibility index (Phi) is 3.72. The number of hydrogen-bond donors (Lipinski definition) is 0. The van der Waals surface area contributed by atoms with E-state index < -0.39 is 0 Å². The van der Waals surface area contributed by atoms with E-state index in [4.69, 9.17) is 17.0 Å². The van der Waals surface area contributed by atoms with Gasteiger partial charge in [0.2, 0.25) is 0 Å². The van der Waals surface area contributed by atoms with E-state index in [-0.39, 0.29) is 23.7 Å². The van der Waals surface area contributed by atoms with Crippen molar-refractivity contribution in [1.82, 2.24) is 14.2 Å². The molecule has 1 amide bonds. The third kappa shape index (κ3) is 2.41. The van der Waals surface area contributed by atoms with Gasteiger partial charge in [-0.2, -0.15) is 5.26 Å². The first kappa shape index (κ1) is 13.8. The fourth-order valence-electron chi connectivity index (χ4n) is 2.58. The number of amides is 1. The van der Waals surface area contributed by atoms with Gasteiger partial charge in [-0.3, -0.25) is 9.21 Å². The summed E-state index contributed by atoms with van der Waals surface area (Å²) in [7, 11) is 3.88. The molecule has 1 fully saturated rings. The van der Waals surface area contributed by atoms with Gasteiger partial charge in [-0.25, -0.2) is 0 Å². The third-order valence-corrected chi connectivity index (χ3v) is 3.70. The maximum Gasteiger partial charge on any atom is 0.268 e. The second kappa shape index (κ2) is 5.14. The Morgan fingerprint density at radius 3 is 2.84 bits per heavy atom. The van der Waals surface area contributed by atoms with Crippen LogP contribution in [0.25, 0.3) is 0 Å². The zero-order chi connectivity index (χ0) is 14.2. The second-order valence-electron chi connectivity index (χ2n) is 5.14. The van der Waals surface area contributed by atoms with Crippen molar-refractivity contribution in [1.29, 1.82) is 5.26 Å². The van der Waals surface area contributed by atoms with Crippen molar-refractivity contribution >= 4 is 17.7 Å². The highest BCUT2D eigenvalue weighted by molar-refractivity contribution is 6.15. The van der Waals surface area contributed by atoms with Crippen LogP contribution in [0.2, 0.25) is 0 Å². The SMILES string of the molecule is CC1CCC(=CN(C)C)C2N(Cl)C=C(C#N)C(=O)N12. The van der Waals surface area contributed by atoms with Gasteiger partial charge in [0, 0.05) is 44.3 Å². The lowest BCUT2D eigenvalue weighted by atomic mass is 9.93. The zero-order valence-corrected chi connectivity index (χ0v) is 12.1. The lowest BCUT2D eigenvalue weighted by Crippen LogP contribution is -2.57. The molecule has 2 rings (SSSR count). The minimum Gasteiger partial charge on any atom is -0.383 e. The van der Waals surface area contributed by atoms with Crippen LogP contribution in [0.4, 0.5) is 0 Å². The fourth-order valence-corrected chi connectivity index (χ4v) is 2.90. The van der Waals surface area contributed by atoms with Crippen LogP contribution in [-0.4, -0.2) is 46.4 Å². The molecule has 0 aliphatic carbocycles. The summed E-state index contributed by atoms with van der Waals surface area (Å²) in [5, 5.41) is 8.99. The summed E-state index contributed by atoms with van der Waals surface area (Å²) in [6, 6.07) is 1.99. The van der Waals surface area contributed by atoms with Gasteiger partial charge in [0.25, 0.3) is 5.91 Å². The molecular weight excluding hydrogens is 264 g/mol. The molecule has 2 aliphatic rings. The van der Waals surface area contributed by atoms with Gasteiger partial charge in [-0.15, -0.1) is 0 Å². The molecule has 2 aliphatic heterocycles. The molecular formula is C13H17ClN4O. The average molecular weight is 281 g/mol. The lowest BCUT2D eigenvalue weighted by Gasteiger charge is -2.46. The van der Waals surface area contributed by atoms with Gasteiger partial charge in [0.05, 0.1) is 0 Å². The van der Waals surface area contributed by atoms with Crippen LogP contribution in [0, 0.1) is 11.3 Å². The number of fused-ring (bicyclic) bond motifs is 1. The minimum absolute atomic E-state index is 0.0788. The van der Waals surface area contributed by atoms with E-state index in [0.29, 0.717) is 0 Å². The van der Waals surface area contributed by atoms with Crippen molar-refractivity contribution in [3.63, 3.8) is 0 Å². The molecule has 2 unspecified atom stereocenters. The van der Waals surface area contributed by atoms with Crippen molar-refractivity contribution < 1.29 is 4.79 Å². The van der Waals surface area contributed by atoms with Gasteiger partial charge in [0.1, 0.15) is 17.8 Å². The minimum atomic E-state index is -0.294. The fraction of sp³-hybridized carbons (Fsp3) is 0.538. The Labute approximate surface area is 118 Å². The number of carbonyl (C=O) groups excluding carboxylic acids is 1. The number of carbonyl (C=O) groups is 1. The van der Waals surface area contributed by atoms with Crippen LogP contribution in [-0.2, 0) is 4.79 Å². The van der Waals surface area contributed by atoms with E-state index in [1.54, 1.807) is 4.90 Å². The van der Waals surface area contributed by atoms with E-state index >= 15 is 0 Å². The highest BCUT2D eigenvalue weighted by Crippen LogP contribution is 2.35. The van der Waals surface area contributed by atoms with E-state index in [1.807, 2.05) is 38.2 Å². The first-order valence-electron chi connectivity index (χ1n) is 6.21. The highest BCUT2D eigenvalue weighted by atomic mass is 35.5. The van der Waals surface area contributed by atoms with Crippen LogP contribution in [0.15, 0.2) is 23.5 Å². The van der Waals surface area contributed by atoms with Gasteiger partial charge in [-0.05, 0) is 25.3 Å². The van der Waals surface area contributed by atoms with Crippen LogP contribution >= 0.6 is 11.8 Å². The van der Waals surface area contributed by atoms with Gasteiger partial charge in [0.15, 0.2) is 0 Å². The number of nitriles is 1. The summed E-state index contributed by atoms with van der Waals surface area (Å²) in [4.78, 5) is 15.9. The first-order valence-corrected chi connectivity index (χ1v) is 6.55. The molecule has 2 atom stereocenters. The molecule has 0 aromatic carbocycles. The predicted molar refractivity (Wildman–Crippen MR) is 72.5 cm³/mol. The maximum atomic E-state index is 12.3.